The van der Waals surface area contributed by atoms with E-state index in [1.807, 2.05) is 69.1 Å². The van der Waals surface area contributed by atoms with Gasteiger partial charge in [-0.1, -0.05) is 47.5 Å². The first-order chi connectivity index (χ1) is 12.8. The first-order valence-electron chi connectivity index (χ1n) is 8.82. The number of nitrogens with zero attached hydrogens (tertiary/aromatic N) is 1. The van der Waals surface area contributed by atoms with Crippen molar-refractivity contribution in [1.29, 1.82) is 0 Å². The number of benzene rings is 2. The lowest BCUT2D eigenvalue weighted by atomic mass is 10.1. The maximum atomic E-state index is 12.2. The van der Waals surface area contributed by atoms with Gasteiger partial charge in [-0.05, 0) is 50.6 Å². The van der Waals surface area contributed by atoms with Crippen LogP contribution in [0.1, 0.15) is 22.3 Å². The summed E-state index contributed by atoms with van der Waals surface area (Å²) in [5.41, 5.74) is 4.92. The lowest BCUT2D eigenvalue weighted by Crippen LogP contribution is -2.39. The molecule has 0 radical (unpaired) electrons. The molecule has 0 heterocycles. The van der Waals surface area contributed by atoms with Crippen molar-refractivity contribution in [2.24, 2.45) is 0 Å². The number of halogens is 1. The van der Waals surface area contributed by atoms with Gasteiger partial charge in [0.2, 0.25) is 11.8 Å². The summed E-state index contributed by atoms with van der Waals surface area (Å²) in [5, 5.41) is 6.21. The molecule has 5 nitrogen and oxygen atoms in total. The molecule has 0 saturated heterocycles. The van der Waals surface area contributed by atoms with Gasteiger partial charge < -0.3 is 10.6 Å². The molecule has 2 amide bonds. The van der Waals surface area contributed by atoms with Crippen molar-refractivity contribution in [3.63, 3.8) is 0 Å². The fourth-order valence-corrected chi connectivity index (χ4v) is 3.21. The smallest absolute Gasteiger partial charge is 0.243 e. The average molecular weight is 388 g/mol. The Morgan fingerprint density at radius 1 is 1.04 bits per heavy atom. The Bertz CT molecular complexity index is 813. The fraction of sp³-hybridized carbons (Fsp3) is 0.333. The highest BCUT2D eigenvalue weighted by Crippen LogP contribution is 2.21. The van der Waals surface area contributed by atoms with Crippen molar-refractivity contribution in [2.45, 2.75) is 27.3 Å². The number of rotatable bonds is 7. The summed E-state index contributed by atoms with van der Waals surface area (Å²) in [4.78, 5) is 26.1. The van der Waals surface area contributed by atoms with Crippen LogP contribution < -0.4 is 10.6 Å². The lowest BCUT2D eigenvalue weighted by Gasteiger charge is -2.17. The second-order valence-corrected chi connectivity index (χ2v) is 7.27. The Hall–Kier alpha value is -2.37. The number of aryl methyl sites for hydroxylation is 3. The van der Waals surface area contributed by atoms with Gasteiger partial charge in [-0.15, -0.1) is 0 Å². The van der Waals surface area contributed by atoms with Crippen LogP contribution in [0, 0.1) is 20.8 Å². The summed E-state index contributed by atoms with van der Waals surface area (Å²) in [6.45, 7) is 6.61. The van der Waals surface area contributed by atoms with E-state index in [2.05, 4.69) is 10.6 Å². The molecule has 0 spiro atoms. The van der Waals surface area contributed by atoms with Gasteiger partial charge >= 0.3 is 0 Å². The minimum atomic E-state index is -0.243. The molecule has 0 aliphatic heterocycles. The van der Waals surface area contributed by atoms with Crippen LogP contribution in [0.4, 0.5) is 5.69 Å². The van der Waals surface area contributed by atoms with E-state index in [0.717, 1.165) is 27.9 Å². The number of hydrogen-bond donors (Lipinski definition) is 2. The molecule has 27 heavy (non-hydrogen) atoms. The van der Waals surface area contributed by atoms with E-state index in [4.69, 9.17) is 11.6 Å². The largest absolute Gasteiger partial charge is 0.346 e. The topological polar surface area (TPSA) is 61.4 Å². The van der Waals surface area contributed by atoms with Crippen LogP contribution in [0.5, 0.6) is 0 Å². The van der Waals surface area contributed by atoms with E-state index in [1.54, 1.807) is 0 Å². The molecule has 0 aliphatic rings. The third-order valence-electron chi connectivity index (χ3n) is 4.20. The first kappa shape index (κ1) is 20.9. The van der Waals surface area contributed by atoms with Crippen LogP contribution >= 0.6 is 11.6 Å². The van der Waals surface area contributed by atoms with E-state index < -0.39 is 0 Å². The Labute approximate surface area is 165 Å². The van der Waals surface area contributed by atoms with Crippen molar-refractivity contribution >= 4 is 29.1 Å². The average Bonchev–Trinajstić information content (AvgIpc) is 2.58. The Kier molecular flexibility index (Phi) is 7.39. The molecule has 2 aromatic carbocycles. The number of anilines is 1. The SMILES string of the molecule is Cc1cc(C)c(NC(=O)CNC(=O)CN(C)Cc2ccccc2Cl)c(C)c1. The van der Waals surface area contributed by atoms with Crippen LogP contribution in [0.15, 0.2) is 36.4 Å². The fourth-order valence-electron chi connectivity index (χ4n) is 3.01. The molecule has 0 saturated carbocycles. The van der Waals surface area contributed by atoms with Crippen molar-refractivity contribution in [3.8, 4) is 0 Å². The zero-order chi connectivity index (χ0) is 20.0. The number of nitrogens with one attached hydrogen (secondary N) is 2. The third-order valence-corrected chi connectivity index (χ3v) is 4.57. The van der Waals surface area contributed by atoms with Gasteiger partial charge in [0.1, 0.15) is 0 Å². The van der Waals surface area contributed by atoms with E-state index >= 15 is 0 Å². The van der Waals surface area contributed by atoms with Gasteiger partial charge in [0, 0.05) is 17.3 Å². The summed E-state index contributed by atoms with van der Waals surface area (Å²) in [6, 6.07) is 11.6. The molecule has 0 bridgehead atoms. The van der Waals surface area contributed by atoms with Gasteiger partial charge in [0.05, 0.1) is 13.1 Å². The zero-order valence-electron chi connectivity index (χ0n) is 16.2. The van der Waals surface area contributed by atoms with Gasteiger partial charge in [0.15, 0.2) is 0 Å². The van der Waals surface area contributed by atoms with Crippen LogP contribution in [-0.2, 0) is 16.1 Å². The number of carbonyl (C=O) groups excluding carboxylic acids is 2. The van der Waals surface area contributed by atoms with Crippen molar-refractivity contribution in [2.75, 3.05) is 25.5 Å². The second-order valence-electron chi connectivity index (χ2n) is 6.86. The summed E-state index contributed by atoms with van der Waals surface area (Å²) < 4.78 is 0. The minimum absolute atomic E-state index is 0.0640. The molecule has 6 heteroatoms. The van der Waals surface area contributed by atoms with Crippen molar-refractivity contribution < 1.29 is 9.59 Å². The van der Waals surface area contributed by atoms with E-state index in [0.29, 0.717) is 11.6 Å². The first-order valence-corrected chi connectivity index (χ1v) is 9.20. The molecule has 2 N–H and O–H groups in total. The summed E-state index contributed by atoms with van der Waals surface area (Å²) in [5.74, 6) is -0.454. The van der Waals surface area contributed by atoms with E-state index in [1.165, 1.54) is 0 Å². The molecular formula is C21H26ClN3O2. The number of likely N-dealkylation sites (N-methyl/N-ethyl adjacent to an activating group) is 1. The quantitative estimate of drug-likeness (QED) is 0.764. The molecule has 144 valence electrons. The minimum Gasteiger partial charge on any atom is -0.346 e. The van der Waals surface area contributed by atoms with Gasteiger partial charge in [-0.25, -0.2) is 0 Å². The molecule has 2 aromatic rings. The highest BCUT2D eigenvalue weighted by Gasteiger charge is 2.12. The molecule has 0 atom stereocenters. The number of hydrogen-bond acceptors (Lipinski definition) is 3. The third kappa shape index (κ3) is 6.38. The molecule has 0 aromatic heterocycles. The zero-order valence-corrected chi connectivity index (χ0v) is 17.0. The predicted octanol–water partition coefficient (Wildman–Crippen LogP) is 3.45. The van der Waals surface area contributed by atoms with E-state index in [-0.39, 0.29) is 24.9 Å². The maximum absolute atomic E-state index is 12.2. The predicted molar refractivity (Wildman–Crippen MR) is 110 cm³/mol. The Morgan fingerprint density at radius 2 is 1.67 bits per heavy atom. The standard InChI is InChI=1S/C21H26ClN3O2/c1-14-9-15(2)21(16(3)10-14)24-19(26)11-23-20(27)13-25(4)12-17-7-5-6-8-18(17)22/h5-10H,11-13H2,1-4H3,(H,23,27)(H,24,26). The van der Waals surface area contributed by atoms with Crippen LogP contribution in [0.2, 0.25) is 5.02 Å². The summed E-state index contributed by atoms with van der Waals surface area (Å²) >= 11 is 6.14. The lowest BCUT2D eigenvalue weighted by molar-refractivity contribution is -0.124. The Balaban J connectivity index is 1.81. The van der Waals surface area contributed by atoms with Crippen LogP contribution in [-0.4, -0.2) is 36.9 Å². The van der Waals surface area contributed by atoms with Crippen molar-refractivity contribution in [3.05, 3.63) is 63.7 Å². The number of amides is 2. The summed E-state index contributed by atoms with van der Waals surface area (Å²) in [6.07, 6.45) is 0. The van der Waals surface area contributed by atoms with Gasteiger partial charge in [0.25, 0.3) is 0 Å². The second kappa shape index (κ2) is 9.53. The molecule has 2 rings (SSSR count). The molecule has 0 unspecified atom stereocenters. The molecule has 0 fully saturated rings. The highest BCUT2D eigenvalue weighted by molar-refractivity contribution is 6.31. The van der Waals surface area contributed by atoms with Crippen LogP contribution in [0.3, 0.4) is 0 Å². The normalized spacial score (nSPS) is 10.7. The summed E-state index contributed by atoms with van der Waals surface area (Å²) in [7, 11) is 1.84. The molecule has 0 aliphatic carbocycles. The number of carbonyl (C=O) groups is 2. The van der Waals surface area contributed by atoms with Crippen LogP contribution in [0.25, 0.3) is 0 Å². The molecular weight excluding hydrogens is 362 g/mol. The van der Waals surface area contributed by atoms with E-state index in [9.17, 15) is 9.59 Å². The Morgan fingerprint density at radius 3 is 2.30 bits per heavy atom. The van der Waals surface area contributed by atoms with Crippen molar-refractivity contribution in [1.82, 2.24) is 10.2 Å². The maximum Gasteiger partial charge on any atom is 0.243 e. The van der Waals surface area contributed by atoms with Gasteiger partial charge in [-0.3, -0.25) is 14.5 Å². The highest BCUT2D eigenvalue weighted by atomic mass is 35.5. The van der Waals surface area contributed by atoms with Gasteiger partial charge in [-0.2, -0.15) is 0 Å². The monoisotopic (exact) mass is 387 g/mol.